The highest BCUT2D eigenvalue weighted by atomic mass is 32.1. The van der Waals surface area contributed by atoms with Crippen molar-refractivity contribution >= 4 is 28.9 Å². The molecule has 2 aromatic heterocycles. The first kappa shape index (κ1) is 26.0. The molecule has 0 aliphatic heterocycles. The Balaban J connectivity index is 1.58. The second kappa shape index (κ2) is 12.8. The summed E-state index contributed by atoms with van der Waals surface area (Å²) < 4.78 is 10.4. The third kappa shape index (κ3) is 7.70. The number of anilines is 1. The van der Waals surface area contributed by atoms with Gasteiger partial charge in [0, 0.05) is 35.6 Å². The van der Waals surface area contributed by atoms with E-state index in [0.717, 1.165) is 28.1 Å². The second-order valence-corrected chi connectivity index (χ2v) is 9.11. The Labute approximate surface area is 219 Å². The van der Waals surface area contributed by atoms with E-state index in [1.54, 1.807) is 17.8 Å². The summed E-state index contributed by atoms with van der Waals surface area (Å²) in [6, 6.07) is 18.5. The van der Waals surface area contributed by atoms with Crippen LogP contribution in [0, 0.1) is 6.92 Å². The van der Waals surface area contributed by atoms with Crippen molar-refractivity contribution in [2.75, 3.05) is 19.0 Å². The lowest BCUT2D eigenvalue weighted by molar-refractivity contribution is -0.142. The average molecular weight is 517 g/mol. The minimum Gasteiger partial charge on any atom is -0.482 e. The van der Waals surface area contributed by atoms with E-state index in [1.807, 2.05) is 66.9 Å². The van der Waals surface area contributed by atoms with E-state index in [-0.39, 0.29) is 12.5 Å². The highest BCUT2D eigenvalue weighted by Gasteiger charge is 2.20. The van der Waals surface area contributed by atoms with Crippen LogP contribution >= 0.6 is 11.3 Å². The number of hydrogen-bond acceptors (Lipinski definition) is 8. The highest BCUT2D eigenvalue weighted by Crippen LogP contribution is 2.29. The lowest BCUT2D eigenvalue weighted by Gasteiger charge is -2.19. The van der Waals surface area contributed by atoms with Gasteiger partial charge < -0.3 is 14.8 Å². The Bertz CT molecular complexity index is 1330. The molecule has 0 saturated heterocycles. The van der Waals surface area contributed by atoms with Gasteiger partial charge in [-0.2, -0.15) is 0 Å². The smallest absolute Gasteiger partial charge is 0.343 e. The van der Waals surface area contributed by atoms with Gasteiger partial charge in [-0.1, -0.05) is 30.3 Å². The van der Waals surface area contributed by atoms with Crippen molar-refractivity contribution in [3.05, 3.63) is 94.7 Å². The van der Waals surface area contributed by atoms with Crippen molar-refractivity contribution in [2.45, 2.75) is 25.9 Å². The molecule has 0 saturated carbocycles. The van der Waals surface area contributed by atoms with Gasteiger partial charge in [-0.25, -0.2) is 9.78 Å². The molecule has 4 rings (SSSR count). The third-order valence-electron chi connectivity index (χ3n) is 5.60. The van der Waals surface area contributed by atoms with Crippen molar-refractivity contribution < 1.29 is 19.1 Å². The van der Waals surface area contributed by atoms with E-state index >= 15 is 0 Å². The summed E-state index contributed by atoms with van der Waals surface area (Å²) in [5.41, 5.74) is 6.82. The number of nitrogens with zero attached hydrogens (tertiary/aromatic N) is 2. The van der Waals surface area contributed by atoms with Crippen LogP contribution in [0.2, 0.25) is 0 Å². The van der Waals surface area contributed by atoms with Crippen LogP contribution < -0.4 is 15.4 Å². The number of pyridine rings is 1. The number of rotatable bonds is 11. The maximum absolute atomic E-state index is 13.5. The Morgan fingerprint density at radius 1 is 1.03 bits per heavy atom. The van der Waals surface area contributed by atoms with Crippen molar-refractivity contribution in [2.24, 2.45) is 0 Å². The molecule has 0 bridgehead atoms. The van der Waals surface area contributed by atoms with Crippen LogP contribution in [-0.2, 0) is 27.3 Å². The van der Waals surface area contributed by atoms with Gasteiger partial charge in [0.2, 0.25) is 5.91 Å². The van der Waals surface area contributed by atoms with E-state index in [1.165, 1.54) is 18.4 Å². The van der Waals surface area contributed by atoms with Crippen LogP contribution in [0.4, 0.5) is 5.69 Å². The zero-order valence-electron chi connectivity index (χ0n) is 20.6. The molecule has 1 amide bonds. The number of nitrogens with one attached hydrogen (secondary N) is 2. The van der Waals surface area contributed by atoms with Crippen LogP contribution in [0.1, 0.15) is 17.0 Å². The topological polar surface area (TPSA) is 102 Å². The summed E-state index contributed by atoms with van der Waals surface area (Å²) in [7, 11) is 1.30. The minimum atomic E-state index is -0.504. The van der Waals surface area contributed by atoms with E-state index in [0.29, 0.717) is 24.4 Å². The van der Waals surface area contributed by atoms with Gasteiger partial charge in [0.15, 0.2) is 6.61 Å². The first-order chi connectivity index (χ1) is 18.0. The summed E-state index contributed by atoms with van der Waals surface area (Å²) >= 11 is 1.51. The maximum atomic E-state index is 13.5. The maximum Gasteiger partial charge on any atom is 0.343 e. The average Bonchev–Trinajstić information content (AvgIpc) is 3.44. The molecule has 0 spiro atoms. The zero-order chi connectivity index (χ0) is 26.0. The Hall–Kier alpha value is -4.08. The van der Waals surface area contributed by atoms with Gasteiger partial charge in [0.05, 0.1) is 24.4 Å². The van der Waals surface area contributed by atoms with Gasteiger partial charge in [0.1, 0.15) is 5.75 Å². The third-order valence-corrected chi connectivity index (χ3v) is 6.24. The summed E-state index contributed by atoms with van der Waals surface area (Å²) in [6.07, 6.45) is 2.23. The van der Waals surface area contributed by atoms with Crippen molar-refractivity contribution in [1.82, 2.24) is 15.3 Å². The number of thiazole rings is 1. The van der Waals surface area contributed by atoms with Gasteiger partial charge in [0.25, 0.3) is 0 Å². The summed E-state index contributed by atoms with van der Waals surface area (Å²) in [6.45, 7) is 2.14. The molecular weight excluding hydrogens is 488 g/mol. The van der Waals surface area contributed by atoms with Crippen molar-refractivity contribution in [3.63, 3.8) is 0 Å². The fraction of sp³-hybridized carbons (Fsp3) is 0.214. The highest BCUT2D eigenvalue weighted by molar-refractivity contribution is 7.07. The van der Waals surface area contributed by atoms with Gasteiger partial charge >= 0.3 is 5.97 Å². The zero-order valence-corrected chi connectivity index (χ0v) is 21.5. The lowest BCUT2D eigenvalue weighted by atomic mass is 10.0. The van der Waals surface area contributed by atoms with E-state index in [4.69, 9.17) is 4.74 Å². The van der Waals surface area contributed by atoms with Gasteiger partial charge in [-0.3, -0.25) is 15.1 Å². The van der Waals surface area contributed by atoms with Crippen molar-refractivity contribution in [1.29, 1.82) is 0 Å². The molecular formula is C28H28N4O4S. The molecule has 1 atom stereocenters. The van der Waals surface area contributed by atoms with Crippen molar-refractivity contribution in [3.8, 4) is 16.9 Å². The predicted molar refractivity (Wildman–Crippen MR) is 143 cm³/mol. The number of carbonyl (C=O) groups is 2. The van der Waals surface area contributed by atoms with Crippen LogP contribution in [0.25, 0.3) is 11.1 Å². The molecule has 0 unspecified atom stereocenters. The lowest BCUT2D eigenvalue weighted by Crippen LogP contribution is -2.41. The molecule has 0 aliphatic rings. The number of hydrogen-bond donors (Lipinski definition) is 2. The monoisotopic (exact) mass is 516 g/mol. The van der Waals surface area contributed by atoms with E-state index in [9.17, 15) is 9.59 Å². The summed E-state index contributed by atoms with van der Waals surface area (Å²) in [4.78, 5) is 33.7. The number of amides is 1. The van der Waals surface area contributed by atoms with Gasteiger partial charge in [-0.05, 0) is 54.3 Å². The first-order valence-electron chi connectivity index (χ1n) is 11.7. The fourth-order valence-corrected chi connectivity index (χ4v) is 4.30. The number of ether oxygens (including phenoxy) is 2. The second-order valence-electron chi connectivity index (χ2n) is 8.39. The Morgan fingerprint density at radius 2 is 1.86 bits per heavy atom. The Kier molecular flexibility index (Phi) is 8.96. The molecule has 0 aliphatic carbocycles. The predicted octanol–water partition coefficient (Wildman–Crippen LogP) is 4.40. The minimum absolute atomic E-state index is 0.193. The molecule has 8 nitrogen and oxygen atoms in total. The summed E-state index contributed by atoms with van der Waals surface area (Å²) in [5.74, 6) is -0.256. The first-order valence-corrected chi connectivity index (χ1v) is 12.7. The van der Waals surface area contributed by atoms with Crippen LogP contribution in [0.3, 0.4) is 0 Å². The van der Waals surface area contributed by atoms with Gasteiger partial charge in [-0.15, -0.1) is 11.3 Å². The number of benzene rings is 2. The molecule has 9 heteroatoms. The molecule has 0 radical (unpaired) electrons. The normalized spacial score (nSPS) is 11.5. The van der Waals surface area contributed by atoms with E-state index < -0.39 is 12.0 Å². The van der Waals surface area contributed by atoms with Crippen LogP contribution in [0.5, 0.6) is 5.75 Å². The van der Waals surface area contributed by atoms with E-state index in [2.05, 4.69) is 25.3 Å². The quantitative estimate of drug-likeness (QED) is 0.285. The summed E-state index contributed by atoms with van der Waals surface area (Å²) in [5, 5.41) is 8.32. The molecule has 2 N–H and O–H groups in total. The standard InChI is InChI=1S/C28H28N4O4S/c1-19-10-21(8-9-29-19)22-12-23(14-25(13-22)36-16-27(33)35-2)32-28(34)26(11-20-6-4-3-5-7-20)30-15-24-17-37-18-31-24/h3-10,12-14,17-18,26,30H,11,15-16H2,1-2H3,(H,32,34)/t26-/m0/s1. The number of methoxy groups -OCH3 is 1. The Morgan fingerprint density at radius 3 is 2.59 bits per heavy atom. The number of aromatic nitrogens is 2. The van der Waals surface area contributed by atoms with Crippen LogP contribution in [-0.4, -0.2) is 41.6 Å². The molecule has 190 valence electrons. The SMILES string of the molecule is COC(=O)COc1cc(NC(=O)[C@H](Cc2ccccc2)NCc2cscn2)cc(-c2ccnc(C)c2)c1. The molecule has 2 aromatic carbocycles. The fourth-order valence-electron chi connectivity index (χ4n) is 3.74. The molecule has 0 fully saturated rings. The van der Waals surface area contributed by atoms with Crippen LogP contribution in [0.15, 0.2) is 77.8 Å². The number of carbonyl (C=O) groups excluding carboxylic acids is 2. The molecule has 2 heterocycles. The molecule has 4 aromatic rings. The molecule has 37 heavy (non-hydrogen) atoms. The number of aryl methyl sites for hydroxylation is 1. The largest absolute Gasteiger partial charge is 0.482 e. The number of esters is 1.